The van der Waals surface area contributed by atoms with Crippen LogP contribution in [0, 0.1) is 17.2 Å². The van der Waals surface area contributed by atoms with E-state index in [2.05, 4.69) is 29.8 Å². The van der Waals surface area contributed by atoms with Crippen molar-refractivity contribution in [3.05, 3.63) is 48.0 Å². The number of hydrogen-bond donors (Lipinski definition) is 1. The molecular weight excluding hydrogens is 502 g/mol. The molecule has 2 heterocycles. The van der Waals surface area contributed by atoms with Gasteiger partial charge in [-0.1, -0.05) is 12.1 Å². The van der Waals surface area contributed by atoms with E-state index in [0.29, 0.717) is 35.8 Å². The summed E-state index contributed by atoms with van der Waals surface area (Å²) in [5.74, 6) is 1.42. The van der Waals surface area contributed by atoms with E-state index in [1.54, 1.807) is 0 Å². The molecule has 1 saturated heterocycles. The van der Waals surface area contributed by atoms with E-state index in [9.17, 15) is 18.5 Å². The van der Waals surface area contributed by atoms with Crippen molar-refractivity contribution in [1.82, 2.24) is 4.57 Å². The third kappa shape index (κ3) is 5.51. The molecule has 0 bridgehead atoms. The van der Waals surface area contributed by atoms with Gasteiger partial charge in [-0.25, -0.2) is 13.2 Å². The Morgan fingerprint density at radius 2 is 1.74 bits per heavy atom. The molecule has 2 fully saturated rings. The number of nitrogens with one attached hydrogen (secondary N) is 1. The summed E-state index contributed by atoms with van der Waals surface area (Å²) in [5, 5.41) is 13.8. The number of rotatable bonds is 7. The van der Waals surface area contributed by atoms with Crippen molar-refractivity contribution in [2.75, 3.05) is 16.8 Å². The predicted molar refractivity (Wildman–Crippen MR) is 147 cm³/mol. The van der Waals surface area contributed by atoms with E-state index in [-0.39, 0.29) is 29.8 Å². The van der Waals surface area contributed by atoms with Gasteiger partial charge in [-0.05, 0) is 82.2 Å². The molecule has 1 aliphatic carbocycles. The molecule has 3 aromatic rings. The highest BCUT2D eigenvalue weighted by Gasteiger charge is 2.31. The number of carbonyl (C=O) groups is 1. The van der Waals surface area contributed by atoms with Gasteiger partial charge in [0.1, 0.15) is 24.0 Å². The second kappa shape index (κ2) is 10.3. The number of fused-ring (bicyclic) bond motifs is 1. The van der Waals surface area contributed by atoms with E-state index in [1.807, 2.05) is 49.4 Å². The standard InChI is InChI=1S/C29H33N3O5S/c1-18(2)32-27-16-24(37-23-12-14-38(34,35)15-13-23)10-11-25(27)26(17-30)28(32)21-6-8-22(9-7-21)31-29(33)36-19(3)20-4-5-20/h6-11,16,18-20,23H,4-5,12-15H2,1-3H3,(H,31,33)/t19-/m1/s1. The number of sulfone groups is 1. The van der Waals surface area contributed by atoms with Crippen LogP contribution in [0.1, 0.15) is 58.1 Å². The van der Waals surface area contributed by atoms with Crippen molar-refractivity contribution in [2.45, 2.75) is 64.7 Å². The second-order valence-corrected chi connectivity index (χ2v) is 12.9. The van der Waals surface area contributed by atoms with Gasteiger partial charge in [-0.3, -0.25) is 5.32 Å². The van der Waals surface area contributed by atoms with Crippen molar-refractivity contribution >= 4 is 32.5 Å². The number of nitrogens with zero attached hydrogens (tertiary/aromatic N) is 2. The molecule has 9 heteroatoms. The Kier molecular flexibility index (Phi) is 7.10. The molecule has 1 aromatic heterocycles. The van der Waals surface area contributed by atoms with Crippen LogP contribution in [0.3, 0.4) is 0 Å². The molecule has 38 heavy (non-hydrogen) atoms. The van der Waals surface area contributed by atoms with Crippen LogP contribution in [0.5, 0.6) is 5.75 Å². The van der Waals surface area contributed by atoms with E-state index in [1.165, 1.54) is 0 Å². The van der Waals surface area contributed by atoms with Crippen LogP contribution in [0.4, 0.5) is 10.5 Å². The first-order chi connectivity index (χ1) is 18.1. The summed E-state index contributed by atoms with van der Waals surface area (Å²) >= 11 is 0. The molecule has 1 atom stereocenters. The van der Waals surface area contributed by atoms with Gasteiger partial charge in [-0.2, -0.15) is 5.26 Å². The monoisotopic (exact) mass is 535 g/mol. The fraction of sp³-hybridized carbons (Fsp3) is 0.448. The lowest BCUT2D eigenvalue weighted by Gasteiger charge is -2.23. The van der Waals surface area contributed by atoms with Crippen LogP contribution in [0.25, 0.3) is 22.2 Å². The molecule has 1 N–H and O–H groups in total. The number of amides is 1. The maximum atomic E-state index is 12.3. The first-order valence-electron chi connectivity index (χ1n) is 13.2. The lowest BCUT2D eigenvalue weighted by molar-refractivity contribution is 0.108. The van der Waals surface area contributed by atoms with Gasteiger partial charge in [0.25, 0.3) is 0 Å². The van der Waals surface area contributed by atoms with Crippen molar-refractivity contribution in [2.24, 2.45) is 5.92 Å². The minimum absolute atomic E-state index is 0.0568. The molecule has 0 unspecified atom stereocenters. The maximum absolute atomic E-state index is 12.3. The van der Waals surface area contributed by atoms with Gasteiger partial charge in [0.2, 0.25) is 0 Å². The highest BCUT2D eigenvalue weighted by molar-refractivity contribution is 7.91. The van der Waals surface area contributed by atoms with Crippen molar-refractivity contribution in [3.8, 4) is 23.1 Å². The maximum Gasteiger partial charge on any atom is 0.411 e. The topological polar surface area (TPSA) is 110 Å². The fourth-order valence-corrected chi connectivity index (χ4v) is 6.61. The van der Waals surface area contributed by atoms with Gasteiger partial charge in [0, 0.05) is 23.2 Å². The van der Waals surface area contributed by atoms with Crippen molar-refractivity contribution in [3.63, 3.8) is 0 Å². The molecule has 1 amide bonds. The molecule has 1 aliphatic heterocycles. The first-order valence-corrected chi connectivity index (χ1v) is 15.0. The molecule has 8 nitrogen and oxygen atoms in total. The zero-order valence-electron chi connectivity index (χ0n) is 21.9. The number of ether oxygens (including phenoxy) is 2. The molecule has 1 saturated carbocycles. The Labute approximate surface area is 223 Å². The summed E-state index contributed by atoms with van der Waals surface area (Å²) in [6, 6.07) is 15.6. The Morgan fingerprint density at radius 3 is 2.34 bits per heavy atom. The number of hydrogen-bond acceptors (Lipinski definition) is 6. The number of anilines is 1. The van der Waals surface area contributed by atoms with Gasteiger partial charge in [0.05, 0.1) is 28.3 Å². The smallest absolute Gasteiger partial charge is 0.411 e. The molecule has 5 rings (SSSR count). The average Bonchev–Trinajstić information content (AvgIpc) is 3.67. The van der Waals surface area contributed by atoms with E-state index >= 15 is 0 Å². The van der Waals surface area contributed by atoms with Crippen LogP contribution in [-0.4, -0.2) is 42.8 Å². The number of aromatic nitrogens is 1. The van der Waals surface area contributed by atoms with Crippen LogP contribution in [0.15, 0.2) is 42.5 Å². The number of nitriles is 1. The van der Waals surface area contributed by atoms with Gasteiger partial charge in [0.15, 0.2) is 9.84 Å². The van der Waals surface area contributed by atoms with Crippen molar-refractivity contribution in [1.29, 1.82) is 5.26 Å². The third-order valence-corrected chi connectivity index (χ3v) is 9.11. The quantitative estimate of drug-likeness (QED) is 0.393. The Bertz CT molecular complexity index is 1480. The number of benzene rings is 2. The summed E-state index contributed by atoms with van der Waals surface area (Å²) < 4.78 is 37.3. The van der Waals surface area contributed by atoms with E-state index in [4.69, 9.17) is 9.47 Å². The Hall–Kier alpha value is -3.51. The Morgan fingerprint density at radius 1 is 1.05 bits per heavy atom. The summed E-state index contributed by atoms with van der Waals surface area (Å²) in [6.45, 7) is 6.05. The Balaban J connectivity index is 1.42. The van der Waals surface area contributed by atoms with Crippen LogP contribution >= 0.6 is 0 Å². The number of carbonyl (C=O) groups excluding carboxylic acids is 1. The van der Waals surface area contributed by atoms with E-state index < -0.39 is 15.9 Å². The van der Waals surface area contributed by atoms with Crippen LogP contribution < -0.4 is 10.1 Å². The highest BCUT2D eigenvalue weighted by Crippen LogP contribution is 2.38. The van der Waals surface area contributed by atoms with Crippen LogP contribution in [-0.2, 0) is 14.6 Å². The minimum atomic E-state index is -2.96. The zero-order chi connectivity index (χ0) is 27.0. The zero-order valence-corrected chi connectivity index (χ0v) is 22.8. The molecular formula is C29H33N3O5S. The lowest BCUT2D eigenvalue weighted by Crippen LogP contribution is -2.30. The normalized spacial score (nSPS) is 18.2. The van der Waals surface area contributed by atoms with Gasteiger partial charge < -0.3 is 14.0 Å². The molecule has 0 radical (unpaired) electrons. The summed E-state index contributed by atoms with van der Waals surface area (Å²) in [6.07, 6.45) is 2.47. The fourth-order valence-electron chi connectivity index (χ4n) is 5.17. The predicted octanol–water partition coefficient (Wildman–Crippen LogP) is 6.06. The van der Waals surface area contributed by atoms with Crippen LogP contribution in [0.2, 0.25) is 0 Å². The molecule has 0 spiro atoms. The summed E-state index contributed by atoms with van der Waals surface area (Å²) in [4.78, 5) is 12.3. The van der Waals surface area contributed by atoms with Gasteiger partial charge in [-0.15, -0.1) is 0 Å². The first kappa shape index (κ1) is 26.1. The van der Waals surface area contributed by atoms with Gasteiger partial charge >= 0.3 is 6.09 Å². The van der Waals surface area contributed by atoms with E-state index in [0.717, 1.165) is 35.0 Å². The van der Waals surface area contributed by atoms with Crippen molar-refractivity contribution < 1.29 is 22.7 Å². The minimum Gasteiger partial charge on any atom is -0.490 e. The third-order valence-electron chi connectivity index (χ3n) is 7.39. The molecule has 200 valence electrons. The largest absolute Gasteiger partial charge is 0.490 e. The lowest BCUT2D eigenvalue weighted by atomic mass is 10.1. The second-order valence-electron chi connectivity index (χ2n) is 10.6. The summed E-state index contributed by atoms with van der Waals surface area (Å²) in [5.41, 5.74) is 3.74. The SMILES string of the molecule is CC(C)n1c(-c2ccc(NC(=O)O[C@H](C)C3CC3)cc2)c(C#N)c2ccc(OC3CCS(=O)(=O)CC3)cc21. The molecule has 2 aliphatic rings. The average molecular weight is 536 g/mol. The summed E-state index contributed by atoms with van der Waals surface area (Å²) in [7, 11) is -2.96. The molecule has 2 aromatic carbocycles. The highest BCUT2D eigenvalue weighted by atomic mass is 32.2.